The number of amides is 1. The molecule has 3 aromatic rings. The second kappa shape index (κ2) is 10.2. The first-order chi connectivity index (χ1) is 16.4. The Kier molecular flexibility index (Phi) is 7.51. The Hall–Kier alpha value is -3.83. The van der Waals surface area contributed by atoms with Crippen LogP contribution in [0, 0.1) is 0 Å². The van der Waals surface area contributed by atoms with Gasteiger partial charge in [-0.25, -0.2) is 4.68 Å². The molecule has 6 nitrogen and oxygen atoms in total. The first-order valence-corrected chi connectivity index (χ1v) is 10.3. The van der Waals surface area contributed by atoms with Gasteiger partial charge in [0, 0.05) is 23.7 Å². The molecule has 1 amide bonds. The van der Waals surface area contributed by atoms with Gasteiger partial charge >= 0.3 is 12.4 Å². The third kappa shape index (κ3) is 6.61. The van der Waals surface area contributed by atoms with Crippen molar-refractivity contribution in [3.05, 3.63) is 81.6 Å². The summed E-state index contributed by atoms with van der Waals surface area (Å²) in [6, 6.07) is 10.3. The predicted molar refractivity (Wildman–Crippen MR) is 114 cm³/mol. The number of carbonyl (C=O) groups is 1. The van der Waals surface area contributed by atoms with E-state index in [9.17, 15) is 35.9 Å². The molecule has 0 aliphatic heterocycles. The molecule has 2 aromatic carbocycles. The fourth-order valence-electron chi connectivity index (χ4n) is 3.12. The third-order valence-corrected chi connectivity index (χ3v) is 4.79. The molecule has 0 radical (unpaired) electrons. The van der Waals surface area contributed by atoms with Crippen LogP contribution in [0.1, 0.15) is 28.4 Å². The van der Waals surface area contributed by atoms with Gasteiger partial charge in [-0.2, -0.15) is 31.4 Å². The van der Waals surface area contributed by atoms with Crippen LogP contribution < -0.4 is 15.6 Å². The van der Waals surface area contributed by atoms with Crippen molar-refractivity contribution in [1.29, 1.82) is 0 Å². The van der Waals surface area contributed by atoms with Gasteiger partial charge in [0.25, 0.3) is 11.5 Å². The lowest BCUT2D eigenvalue weighted by Crippen LogP contribution is -2.32. The fourth-order valence-corrected chi connectivity index (χ4v) is 3.12. The van der Waals surface area contributed by atoms with E-state index in [2.05, 4.69) is 10.4 Å². The van der Waals surface area contributed by atoms with Gasteiger partial charge in [0.2, 0.25) is 0 Å². The Morgan fingerprint density at radius 2 is 1.54 bits per heavy atom. The molecule has 0 saturated heterocycles. The molecule has 35 heavy (non-hydrogen) atoms. The number of halogens is 6. The normalized spacial score (nSPS) is 11.9. The highest BCUT2D eigenvalue weighted by Gasteiger charge is 2.37. The predicted octanol–water partition coefficient (Wildman–Crippen LogP) is 4.78. The van der Waals surface area contributed by atoms with Crippen LogP contribution in [0.5, 0.6) is 5.75 Å². The maximum Gasteiger partial charge on any atom is 0.416 e. The number of alkyl halides is 6. The number of rotatable bonds is 7. The standard InChI is InChI=1S/C23H19F6N3O3/c1-2-35-18-5-3-14(4-6-18)19-7-8-20(33)32(31-19)10-9-30-21(34)15-11-16(22(24,25)26)13-17(12-15)23(27,28)29/h3-8,11-13H,2,9-10H2,1H3,(H,30,34). The first-order valence-electron chi connectivity index (χ1n) is 10.3. The first kappa shape index (κ1) is 25.8. The van der Waals surface area contributed by atoms with Crippen LogP contribution in [-0.2, 0) is 18.9 Å². The molecule has 0 fully saturated rings. The number of ether oxygens (including phenoxy) is 1. The van der Waals surface area contributed by atoms with E-state index in [1.807, 2.05) is 6.92 Å². The minimum atomic E-state index is -5.07. The topological polar surface area (TPSA) is 73.2 Å². The maximum absolute atomic E-state index is 13.0. The zero-order chi connectivity index (χ0) is 25.8. The quantitative estimate of drug-likeness (QED) is 0.475. The van der Waals surface area contributed by atoms with Crippen LogP contribution >= 0.6 is 0 Å². The molecule has 0 spiro atoms. The Labute approximate surface area is 195 Å². The Morgan fingerprint density at radius 3 is 2.09 bits per heavy atom. The summed E-state index contributed by atoms with van der Waals surface area (Å²) < 4.78 is 84.4. The van der Waals surface area contributed by atoms with E-state index in [4.69, 9.17) is 4.74 Å². The largest absolute Gasteiger partial charge is 0.494 e. The van der Waals surface area contributed by atoms with Crippen LogP contribution in [0.2, 0.25) is 0 Å². The number of hydrogen-bond donors (Lipinski definition) is 1. The third-order valence-electron chi connectivity index (χ3n) is 4.79. The molecule has 3 rings (SSSR count). The van der Waals surface area contributed by atoms with Crippen molar-refractivity contribution in [3.63, 3.8) is 0 Å². The van der Waals surface area contributed by atoms with Crippen molar-refractivity contribution in [2.45, 2.75) is 25.8 Å². The lowest BCUT2D eigenvalue weighted by atomic mass is 10.0. The summed E-state index contributed by atoms with van der Waals surface area (Å²) >= 11 is 0. The summed E-state index contributed by atoms with van der Waals surface area (Å²) in [5.41, 5.74) is -3.40. The molecule has 0 unspecified atom stereocenters. The van der Waals surface area contributed by atoms with Crippen LogP contribution in [0.25, 0.3) is 11.3 Å². The van der Waals surface area contributed by atoms with E-state index >= 15 is 0 Å². The van der Waals surface area contributed by atoms with E-state index in [0.717, 1.165) is 4.68 Å². The summed E-state index contributed by atoms with van der Waals surface area (Å²) in [5.74, 6) is -0.507. The second-order valence-corrected chi connectivity index (χ2v) is 7.29. The minimum absolute atomic E-state index is 0.0628. The summed E-state index contributed by atoms with van der Waals surface area (Å²) in [6.07, 6.45) is -10.1. The summed E-state index contributed by atoms with van der Waals surface area (Å²) in [7, 11) is 0. The van der Waals surface area contributed by atoms with Gasteiger partial charge in [0.05, 0.1) is 30.0 Å². The molecule has 0 aliphatic carbocycles. The van der Waals surface area contributed by atoms with Crippen molar-refractivity contribution in [3.8, 4) is 17.0 Å². The number of nitrogens with one attached hydrogen (secondary N) is 1. The molecular weight excluding hydrogens is 480 g/mol. The Bertz CT molecular complexity index is 1220. The average Bonchev–Trinajstić information content (AvgIpc) is 2.79. The van der Waals surface area contributed by atoms with Crippen LogP contribution in [-0.4, -0.2) is 28.8 Å². The van der Waals surface area contributed by atoms with Crippen molar-refractivity contribution in [1.82, 2.24) is 15.1 Å². The lowest BCUT2D eigenvalue weighted by Gasteiger charge is -2.14. The average molecular weight is 499 g/mol. The number of hydrogen-bond acceptors (Lipinski definition) is 4. The second-order valence-electron chi connectivity index (χ2n) is 7.29. The highest BCUT2D eigenvalue weighted by Crippen LogP contribution is 2.36. The van der Waals surface area contributed by atoms with E-state index in [1.54, 1.807) is 24.3 Å². The molecule has 186 valence electrons. The minimum Gasteiger partial charge on any atom is -0.494 e. The number of aromatic nitrogens is 2. The highest BCUT2D eigenvalue weighted by molar-refractivity contribution is 5.94. The molecule has 0 aliphatic rings. The van der Waals surface area contributed by atoms with Crippen molar-refractivity contribution >= 4 is 5.91 Å². The van der Waals surface area contributed by atoms with Crippen LogP contribution in [0.15, 0.2) is 59.4 Å². The van der Waals surface area contributed by atoms with Crippen molar-refractivity contribution < 1.29 is 35.9 Å². The van der Waals surface area contributed by atoms with Gasteiger partial charge in [-0.15, -0.1) is 0 Å². The number of nitrogens with zero attached hydrogens (tertiary/aromatic N) is 2. The number of benzene rings is 2. The van der Waals surface area contributed by atoms with E-state index < -0.39 is 40.5 Å². The van der Waals surface area contributed by atoms with Crippen molar-refractivity contribution in [2.75, 3.05) is 13.2 Å². The lowest BCUT2D eigenvalue weighted by molar-refractivity contribution is -0.143. The van der Waals surface area contributed by atoms with Crippen LogP contribution in [0.3, 0.4) is 0 Å². The van der Waals surface area contributed by atoms with Crippen LogP contribution in [0.4, 0.5) is 26.3 Å². The summed E-state index contributed by atoms with van der Waals surface area (Å²) in [4.78, 5) is 24.4. The molecule has 0 saturated carbocycles. The van der Waals surface area contributed by atoms with E-state index in [-0.39, 0.29) is 19.2 Å². The van der Waals surface area contributed by atoms with Gasteiger partial charge < -0.3 is 10.1 Å². The molecule has 0 bridgehead atoms. The summed E-state index contributed by atoms with van der Waals surface area (Å²) in [6.45, 7) is 1.90. The zero-order valence-corrected chi connectivity index (χ0v) is 18.2. The molecule has 1 N–H and O–H groups in total. The SMILES string of the molecule is CCOc1ccc(-c2ccc(=O)n(CCNC(=O)c3cc(C(F)(F)F)cc(C(F)(F)F)c3)n2)cc1. The van der Waals surface area contributed by atoms with E-state index in [0.29, 0.717) is 35.7 Å². The summed E-state index contributed by atoms with van der Waals surface area (Å²) in [5, 5.41) is 6.42. The molecule has 1 aromatic heterocycles. The Balaban J connectivity index is 1.74. The Morgan fingerprint density at radius 1 is 0.943 bits per heavy atom. The van der Waals surface area contributed by atoms with Gasteiger partial charge in [0.1, 0.15) is 5.75 Å². The monoisotopic (exact) mass is 499 g/mol. The molecule has 12 heteroatoms. The van der Waals surface area contributed by atoms with Gasteiger partial charge in [0.15, 0.2) is 0 Å². The van der Waals surface area contributed by atoms with Crippen molar-refractivity contribution in [2.24, 2.45) is 0 Å². The highest BCUT2D eigenvalue weighted by atomic mass is 19.4. The molecular formula is C23H19F6N3O3. The smallest absolute Gasteiger partial charge is 0.416 e. The zero-order valence-electron chi connectivity index (χ0n) is 18.2. The van der Waals surface area contributed by atoms with Gasteiger partial charge in [-0.1, -0.05) is 0 Å². The fraction of sp³-hybridized carbons (Fsp3) is 0.261. The number of carbonyl (C=O) groups excluding carboxylic acids is 1. The van der Waals surface area contributed by atoms with Gasteiger partial charge in [-0.05, 0) is 55.5 Å². The van der Waals surface area contributed by atoms with E-state index in [1.165, 1.54) is 12.1 Å². The molecule has 1 heterocycles. The maximum atomic E-state index is 13.0. The van der Waals surface area contributed by atoms with Gasteiger partial charge in [-0.3, -0.25) is 9.59 Å². The molecule has 0 atom stereocenters.